The summed E-state index contributed by atoms with van der Waals surface area (Å²) in [4.78, 5) is 34.0. The van der Waals surface area contributed by atoms with E-state index in [9.17, 15) is 9.59 Å². The molecule has 0 atom stereocenters. The highest BCUT2D eigenvalue weighted by Crippen LogP contribution is 2.21. The van der Waals surface area contributed by atoms with Gasteiger partial charge < -0.3 is 15.0 Å². The van der Waals surface area contributed by atoms with E-state index in [1.54, 1.807) is 0 Å². The normalized spacial score (nSPS) is 16.5. The van der Waals surface area contributed by atoms with Gasteiger partial charge in [0.05, 0.1) is 5.92 Å². The molecule has 0 aliphatic carbocycles. The van der Waals surface area contributed by atoms with Gasteiger partial charge in [-0.3, -0.25) is 9.59 Å². The molecule has 2 rings (SSSR count). The summed E-state index contributed by atoms with van der Waals surface area (Å²) in [5.41, 5.74) is -0.448. The van der Waals surface area contributed by atoms with Crippen molar-refractivity contribution >= 4 is 29.3 Å². The van der Waals surface area contributed by atoms with Crippen LogP contribution in [0.2, 0.25) is 5.15 Å². The molecule has 0 unspecified atom stereocenters. The van der Waals surface area contributed by atoms with Crippen molar-refractivity contribution in [1.29, 1.82) is 0 Å². The molecular formula is C17H25ClN4O3. The quantitative estimate of drug-likeness (QED) is 0.635. The average molecular weight is 369 g/mol. The fraction of sp³-hybridized carbons (Fsp3) is 0.647. The van der Waals surface area contributed by atoms with Crippen molar-refractivity contribution in [2.24, 2.45) is 5.92 Å². The lowest BCUT2D eigenvalue weighted by molar-refractivity contribution is -0.161. The lowest BCUT2D eigenvalue weighted by Crippen LogP contribution is -2.39. The predicted octanol–water partition coefficient (Wildman–Crippen LogP) is 2.51. The van der Waals surface area contributed by atoms with Crippen molar-refractivity contribution in [1.82, 2.24) is 14.9 Å². The molecule has 25 heavy (non-hydrogen) atoms. The van der Waals surface area contributed by atoms with Crippen LogP contribution in [0.25, 0.3) is 0 Å². The van der Waals surface area contributed by atoms with E-state index in [0.717, 1.165) is 25.9 Å². The van der Waals surface area contributed by atoms with E-state index < -0.39 is 5.60 Å². The first-order valence-electron chi connectivity index (χ1n) is 8.45. The van der Waals surface area contributed by atoms with E-state index in [1.807, 2.05) is 20.8 Å². The van der Waals surface area contributed by atoms with Gasteiger partial charge in [0.25, 0.3) is 0 Å². The fourth-order valence-corrected chi connectivity index (χ4v) is 2.79. The molecule has 1 aromatic heterocycles. The maximum Gasteiger partial charge on any atom is 0.309 e. The van der Waals surface area contributed by atoms with Crippen LogP contribution >= 0.6 is 11.6 Å². The van der Waals surface area contributed by atoms with Crippen molar-refractivity contribution in [3.63, 3.8) is 0 Å². The molecule has 0 radical (unpaired) electrons. The molecule has 8 heteroatoms. The number of hydrogen-bond donors (Lipinski definition) is 1. The van der Waals surface area contributed by atoms with Crippen molar-refractivity contribution in [3.05, 3.63) is 17.5 Å². The van der Waals surface area contributed by atoms with E-state index in [2.05, 4.69) is 20.2 Å². The summed E-state index contributed by atoms with van der Waals surface area (Å²) < 4.78 is 5.44. The average Bonchev–Trinajstić information content (AvgIpc) is 2.52. The van der Waals surface area contributed by atoms with Crippen molar-refractivity contribution < 1.29 is 14.3 Å². The number of aromatic nitrogens is 2. The molecule has 0 spiro atoms. The van der Waals surface area contributed by atoms with E-state index in [0.29, 0.717) is 18.8 Å². The number of hydrogen-bond acceptors (Lipinski definition) is 6. The highest BCUT2D eigenvalue weighted by molar-refractivity contribution is 6.29. The van der Waals surface area contributed by atoms with Crippen LogP contribution in [-0.4, -0.2) is 52.0 Å². The van der Waals surface area contributed by atoms with E-state index >= 15 is 0 Å². The highest BCUT2D eigenvalue weighted by Gasteiger charge is 2.29. The SMILES string of the molecule is CC(C)(C)OC(=O)C1CCN(CCC(=O)Nc2cc(Cl)ncn2)CC1. The summed E-state index contributed by atoms with van der Waals surface area (Å²) in [5.74, 6) is 0.107. The van der Waals surface area contributed by atoms with Crippen LogP contribution in [0.15, 0.2) is 12.4 Å². The van der Waals surface area contributed by atoms with Gasteiger partial charge in [-0.1, -0.05) is 11.6 Å². The number of carbonyl (C=O) groups is 2. The number of piperidine rings is 1. The van der Waals surface area contributed by atoms with Crippen LogP contribution in [0.5, 0.6) is 0 Å². The predicted molar refractivity (Wildman–Crippen MR) is 95.3 cm³/mol. The minimum absolute atomic E-state index is 0.0486. The molecule has 0 aromatic carbocycles. The Morgan fingerprint density at radius 1 is 1.32 bits per heavy atom. The van der Waals surface area contributed by atoms with Gasteiger partial charge >= 0.3 is 5.97 Å². The molecule has 138 valence electrons. The zero-order valence-corrected chi connectivity index (χ0v) is 15.7. The number of anilines is 1. The Hall–Kier alpha value is -1.73. The van der Waals surface area contributed by atoms with E-state index in [4.69, 9.17) is 16.3 Å². The summed E-state index contributed by atoms with van der Waals surface area (Å²) in [5, 5.41) is 2.99. The van der Waals surface area contributed by atoms with Gasteiger partial charge in [0.1, 0.15) is 22.9 Å². The lowest BCUT2D eigenvalue weighted by atomic mass is 9.96. The van der Waals surface area contributed by atoms with E-state index in [1.165, 1.54) is 12.4 Å². The molecule has 0 bridgehead atoms. The van der Waals surface area contributed by atoms with Gasteiger partial charge in [0.2, 0.25) is 5.91 Å². The number of carbonyl (C=O) groups excluding carboxylic acids is 2. The lowest BCUT2D eigenvalue weighted by Gasteiger charge is -2.32. The van der Waals surface area contributed by atoms with Crippen LogP contribution in [0, 0.1) is 5.92 Å². The molecule has 2 heterocycles. The Balaban J connectivity index is 1.70. The van der Waals surface area contributed by atoms with Crippen LogP contribution in [-0.2, 0) is 14.3 Å². The van der Waals surface area contributed by atoms with Gasteiger partial charge in [-0.25, -0.2) is 9.97 Å². The zero-order valence-electron chi connectivity index (χ0n) is 14.9. The molecule has 1 aliphatic rings. The van der Waals surface area contributed by atoms with Crippen LogP contribution in [0.3, 0.4) is 0 Å². The van der Waals surface area contributed by atoms with Gasteiger partial charge in [-0.15, -0.1) is 0 Å². The van der Waals surface area contributed by atoms with Crippen LogP contribution < -0.4 is 5.32 Å². The summed E-state index contributed by atoms with van der Waals surface area (Å²) in [6.45, 7) is 7.86. The van der Waals surface area contributed by atoms with Crippen LogP contribution in [0.1, 0.15) is 40.0 Å². The van der Waals surface area contributed by atoms with E-state index in [-0.39, 0.29) is 22.9 Å². The maximum absolute atomic E-state index is 12.1. The Morgan fingerprint density at radius 3 is 2.60 bits per heavy atom. The second-order valence-electron chi connectivity index (χ2n) is 7.17. The molecular weight excluding hydrogens is 344 g/mol. The maximum atomic E-state index is 12.1. The standard InChI is InChI=1S/C17H25ClN4O3/c1-17(2,3)25-16(24)12-4-7-22(8-5-12)9-6-15(23)21-14-10-13(18)19-11-20-14/h10-12H,4-9H2,1-3H3,(H,19,20,21,23). The molecule has 0 saturated carbocycles. The molecule has 1 saturated heterocycles. The van der Waals surface area contributed by atoms with Gasteiger partial charge in [-0.2, -0.15) is 0 Å². The molecule has 1 aliphatic heterocycles. The second kappa shape index (κ2) is 8.58. The third-order valence-electron chi connectivity index (χ3n) is 3.88. The second-order valence-corrected chi connectivity index (χ2v) is 7.56. The fourth-order valence-electron chi connectivity index (χ4n) is 2.64. The number of esters is 1. The number of amides is 1. The summed E-state index contributed by atoms with van der Waals surface area (Å²) in [6, 6.07) is 1.51. The largest absolute Gasteiger partial charge is 0.460 e. The molecule has 1 N–H and O–H groups in total. The number of rotatable bonds is 5. The summed E-state index contributed by atoms with van der Waals surface area (Å²) in [7, 11) is 0. The third kappa shape index (κ3) is 6.96. The van der Waals surface area contributed by atoms with Crippen molar-refractivity contribution in [2.45, 2.75) is 45.6 Å². The van der Waals surface area contributed by atoms with Gasteiger partial charge in [-0.05, 0) is 46.7 Å². The third-order valence-corrected chi connectivity index (χ3v) is 4.09. The number of nitrogens with zero attached hydrogens (tertiary/aromatic N) is 3. The summed E-state index contributed by atoms with van der Waals surface area (Å²) in [6.07, 6.45) is 3.19. The number of ether oxygens (including phenoxy) is 1. The van der Waals surface area contributed by atoms with Crippen molar-refractivity contribution in [2.75, 3.05) is 25.0 Å². The number of halogens is 1. The molecule has 1 aromatic rings. The zero-order chi connectivity index (χ0) is 18.4. The Bertz CT molecular complexity index is 610. The van der Waals surface area contributed by atoms with Gasteiger partial charge in [0, 0.05) is 19.0 Å². The van der Waals surface area contributed by atoms with Crippen LogP contribution in [0.4, 0.5) is 5.82 Å². The topological polar surface area (TPSA) is 84.4 Å². The molecule has 7 nitrogen and oxygen atoms in total. The minimum Gasteiger partial charge on any atom is -0.460 e. The first kappa shape index (κ1) is 19.6. The highest BCUT2D eigenvalue weighted by atomic mass is 35.5. The first-order chi connectivity index (χ1) is 11.7. The first-order valence-corrected chi connectivity index (χ1v) is 8.83. The minimum atomic E-state index is -0.448. The molecule has 1 fully saturated rings. The monoisotopic (exact) mass is 368 g/mol. The smallest absolute Gasteiger partial charge is 0.309 e. The van der Waals surface area contributed by atoms with Gasteiger partial charge in [0.15, 0.2) is 0 Å². The summed E-state index contributed by atoms with van der Waals surface area (Å²) >= 11 is 5.76. The number of nitrogens with one attached hydrogen (secondary N) is 1. The Kier molecular flexibility index (Phi) is 6.72. The number of likely N-dealkylation sites (tertiary alicyclic amines) is 1. The van der Waals surface area contributed by atoms with Crippen molar-refractivity contribution in [3.8, 4) is 0 Å². The molecule has 1 amide bonds. The Labute approximate surface area is 153 Å². The Morgan fingerprint density at radius 2 is 2.00 bits per heavy atom.